The molecule has 0 radical (unpaired) electrons. The zero-order valence-corrected chi connectivity index (χ0v) is 15.0. The van der Waals surface area contributed by atoms with Gasteiger partial charge in [-0.25, -0.2) is 8.42 Å². The topological polar surface area (TPSA) is 109 Å². The van der Waals surface area contributed by atoms with Crippen LogP contribution in [0, 0.1) is 0 Å². The van der Waals surface area contributed by atoms with Crippen molar-refractivity contribution in [2.45, 2.75) is 36.9 Å². The van der Waals surface area contributed by atoms with Crippen molar-refractivity contribution < 1.29 is 31.5 Å². The number of anilines is 1. The van der Waals surface area contributed by atoms with Gasteiger partial charge in [0, 0.05) is 6.26 Å². The summed E-state index contributed by atoms with van der Waals surface area (Å²) in [6, 6.07) is 4.08. The molecule has 1 amide bonds. The molecule has 1 unspecified atom stereocenters. The third-order valence-corrected chi connectivity index (χ3v) is 5.19. The van der Waals surface area contributed by atoms with Crippen LogP contribution in [0.5, 0.6) is 0 Å². The van der Waals surface area contributed by atoms with E-state index in [1.165, 1.54) is 18.2 Å². The van der Waals surface area contributed by atoms with Gasteiger partial charge in [0.25, 0.3) is 5.91 Å². The van der Waals surface area contributed by atoms with Crippen LogP contribution >= 0.6 is 11.6 Å². The highest BCUT2D eigenvalue weighted by Gasteiger charge is 2.55. The van der Waals surface area contributed by atoms with E-state index in [0.717, 1.165) is 6.26 Å². The molecule has 0 aliphatic carbocycles. The van der Waals surface area contributed by atoms with E-state index in [4.69, 9.17) is 17.3 Å². The Kier molecular flexibility index (Phi) is 6.49. The fourth-order valence-electron chi connectivity index (χ4n) is 1.71. The second kappa shape index (κ2) is 7.48. The summed E-state index contributed by atoms with van der Waals surface area (Å²) in [5, 5.41) is 10.1. The van der Waals surface area contributed by atoms with Crippen LogP contribution < -0.4 is 11.1 Å². The Labute approximate surface area is 148 Å². The molecule has 2 atom stereocenters. The molecule has 1 aromatic carbocycles. The second-order valence-corrected chi connectivity index (χ2v) is 8.42. The van der Waals surface area contributed by atoms with E-state index < -0.39 is 32.9 Å². The third-order valence-electron chi connectivity index (χ3n) is 3.54. The summed E-state index contributed by atoms with van der Waals surface area (Å²) in [5.41, 5.74) is 2.41. The van der Waals surface area contributed by atoms with E-state index in [2.05, 4.69) is 0 Å². The number of nitrogens with one attached hydrogen (secondary N) is 1. The summed E-state index contributed by atoms with van der Waals surface area (Å²) >= 11 is 5.92. The highest BCUT2D eigenvalue weighted by molar-refractivity contribution is 7.91. The Morgan fingerprint density at radius 2 is 1.96 bits per heavy atom. The molecule has 0 spiro atoms. The van der Waals surface area contributed by atoms with Gasteiger partial charge in [-0.3, -0.25) is 4.79 Å². The molecule has 1 aromatic rings. The number of rotatable bonds is 6. The molecule has 0 aliphatic rings. The maximum atomic E-state index is 12.6. The van der Waals surface area contributed by atoms with Gasteiger partial charge in [0.05, 0.1) is 10.7 Å². The SMILES string of the molecule is C[C@@](O)(C(=O)Nc1ccc(CCC(N)S(C)(=O)=O)cc1Cl)C(F)(F)F. The molecular weight excluding hydrogens is 385 g/mol. The monoisotopic (exact) mass is 402 g/mol. The Bertz CT molecular complexity index is 751. The van der Waals surface area contributed by atoms with Crippen LogP contribution in [0.2, 0.25) is 5.02 Å². The van der Waals surface area contributed by atoms with Gasteiger partial charge < -0.3 is 16.2 Å². The van der Waals surface area contributed by atoms with Gasteiger partial charge in [0.15, 0.2) is 9.84 Å². The number of halogens is 4. The maximum Gasteiger partial charge on any atom is 0.426 e. The predicted molar refractivity (Wildman–Crippen MR) is 87.9 cm³/mol. The van der Waals surface area contributed by atoms with E-state index in [1.54, 1.807) is 0 Å². The minimum atomic E-state index is -5.15. The number of alkyl halides is 3. The van der Waals surface area contributed by atoms with Crippen LogP contribution in [0.15, 0.2) is 18.2 Å². The fraction of sp³-hybridized carbons (Fsp3) is 0.500. The molecular formula is C14H18ClF3N2O4S. The van der Waals surface area contributed by atoms with E-state index in [0.29, 0.717) is 12.5 Å². The van der Waals surface area contributed by atoms with Crippen LogP contribution in [-0.4, -0.2) is 42.8 Å². The second-order valence-electron chi connectivity index (χ2n) is 5.74. The van der Waals surface area contributed by atoms with Crippen molar-refractivity contribution in [3.05, 3.63) is 28.8 Å². The molecule has 0 saturated heterocycles. The minimum absolute atomic E-state index is 0.0586. The summed E-state index contributed by atoms with van der Waals surface area (Å²) in [7, 11) is -3.38. The van der Waals surface area contributed by atoms with Gasteiger partial charge >= 0.3 is 6.18 Å². The number of sulfone groups is 1. The first-order valence-corrected chi connectivity index (χ1v) is 9.33. The fourth-order valence-corrected chi connectivity index (χ4v) is 2.51. The third kappa shape index (κ3) is 5.56. The molecule has 142 valence electrons. The zero-order chi connectivity index (χ0) is 19.6. The van der Waals surface area contributed by atoms with Crippen molar-refractivity contribution >= 4 is 33.0 Å². The van der Waals surface area contributed by atoms with Gasteiger partial charge in [-0.15, -0.1) is 0 Å². The van der Waals surface area contributed by atoms with Crippen LogP contribution in [-0.2, 0) is 21.1 Å². The average Bonchev–Trinajstić information content (AvgIpc) is 2.44. The Balaban J connectivity index is 2.85. The number of amides is 1. The number of nitrogens with two attached hydrogens (primary N) is 1. The summed E-state index contributed by atoms with van der Waals surface area (Å²) in [6.07, 6.45) is -3.74. The number of aryl methyl sites for hydroxylation is 1. The van der Waals surface area contributed by atoms with Gasteiger partial charge in [-0.1, -0.05) is 17.7 Å². The lowest BCUT2D eigenvalue weighted by molar-refractivity contribution is -0.242. The van der Waals surface area contributed by atoms with Crippen molar-refractivity contribution in [2.75, 3.05) is 11.6 Å². The number of hydrogen-bond acceptors (Lipinski definition) is 5. The van der Waals surface area contributed by atoms with Crippen LogP contribution in [0.25, 0.3) is 0 Å². The number of carbonyl (C=O) groups is 1. The standard InChI is InChI=1S/C14H18ClF3N2O4S/c1-13(22,14(16,17)18)12(21)20-10-5-3-8(7-9(10)15)4-6-11(19)25(2,23)24/h3,5,7,11,22H,4,6,19H2,1-2H3,(H,20,21)/t11?,13-/m1/s1. The van der Waals surface area contributed by atoms with Gasteiger partial charge in [0.2, 0.25) is 5.60 Å². The Morgan fingerprint density at radius 3 is 2.40 bits per heavy atom. The Morgan fingerprint density at radius 1 is 1.40 bits per heavy atom. The van der Waals surface area contributed by atoms with Gasteiger partial charge in [0.1, 0.15) is 5.37 Å². The summed E-state index contributed by atoms with van der Waals surface area (Å²) in [5.74, 6) is -1.67. The van der Waals surface area contributed by atoms with Gasteiger partial charge in [-0.05, 0) is 37.5 Å². The van der Waals surface area contributed by atoms with Crippen LogP contribution in [0.4, 0.5) is 18.9 Å². The normalized spacial score (nSPS) is 16.2. The molecule has 25 heavy (non-hydrogen) atoms. The molecule has 1 rings (SSSR count). The molecule has 0 saturated carbocycles. The Hall–Kier alpha value is -1.36. The molecule has 0 heterocycles. The lowest BCUT2D eigenvalue weighted by Crippen LogP contribution is -2.52. The molecule has 4 N–H and O–H groups in total. The van der Waals surface area contributed by atoms with E-state index in [9.17, 15) is 31.5 Å². The smallest absolute Gasteiger partial charge is 0.373 e. The summed E-state index contributed by atoms with van der Waals surface area (Å²) in [4.78, 5) is 11.6. The van der Waals surface area contributed by atoms with E-state index in [-0.39, 0.29) is 23.6 Å². The lowest BCUT2D eigenvalue weighted by atomic mass is 10.1. The number of carbonyl (C=O) groups excluding carboxylic acids is 1. The number of benzene rings is 1. The molecule has 0 bridgehead atoms. The summed E-state index contributed by atoms with van der Waals surface area (Å²) < 4.78 is 60.4. The molecule has 11 heteroatoms. The molecule has 0 aromatic heterocycles. The van der Waals surface area contributed by atoms with E-state index >= 15 is 0 Å². The first-order valence-electron chi connectivity index (χ1n) is 6.99. The zero-order valence-electron chi connectivity index (χ0n) is 13.4. The first-order chi connectivity index (χ1) is 11.2. The van der Waals surface area contributed by atoms with E-state index in [1.807, 2.05) is 5.32 Å². The van der Waals surface area contributed by atoms with Crippen LogP contribution in [0.1, 0.15) is 18.9 Å². The number of hydrogen-bond donors (Lipinski definition) is 3. The van der Waals surface area contributed by atoms with Crippen molar-refractivity contribution in [3.8, 4) is 0 Å². The maximum absolute atomic E-state index is 12.6. The van der Waals surface area contributed by atoms with Crippen molar-refractivity contribution in [1.82, 2.24) is 0 Å². The first kappa shape index (κ1) is 21.7. The highest BCUT2D eigenvalue weighted by atomic mass is 35.5. The molecule has 0 fully saturated rings. The predicted octanol–water partition coefficient (Wildman–Crippen LogP) is 1.85. The summed E-state index contributed by atoms with van der Waals surface area (Å²) in [6.45, 7) is 0.331. The van der Waals surface area contributed by atoms with Crippen molar-refractivity contribution in [2.24, 2.45) is 5.73 Å². The largest absolute Gasteiger partial charge is 0.426 e. The molecule has 0 aliphatic heterocycles. The lowest BCUT2D eigenvalue weighted by Gasteiger charge is -2.25. The highest BCUT2D eigenvalue weighted by Crippen LogP contribution is 2.32. The van der Waals surface area contributed by atoms with Crippen molar-refractivity contribution in [3.63, 3.8) is 0 Å². The average molecular weight is 403 g/mol. The number of aliphatic hydroxyl groups is 1. The van der Waals surface area contributed by atoms with Crippen molar-refractivity contribution in [1.29, 1.82) is 0 Å². The van der Waals surface area contributed by atoms with Gasteiger partial charge in [-0.2, -0.15) is 13.2 Å². The quantitative estimate of drug-likeness (QED) is 0.672. The minimum Gasteiger partial charge on any atom is -0.373 e. The molecule has 6 nitrogen and oxygen atoms in total. The van der Waals surface area contributed by atoms with Crippen LogP contribution in [0.3, 0.4) is 0 Å².